The zero-order valence-corrected chi connectivity index (χ0v) is 16.3. The monoisotopic (exact) mass is 389 g/mol. The van der Waals surface area contributed by atoms with Crippen LogP contribution in [0.5, 0.6) is 0 Å². The van der Waals surface area contributed by atoms with Crippen LogP contribution in [0, 0.1) is 5.82 Å². The highest BCUT2D eigenvalue weighted by Crippen LogP contribution is 2.41. The zero-order chi connectivity index (χ0) is 20.5. The van der Waals surface area contributed by atoms with E-state index in [-0.39, 0.29) is 12.4 Å². The Hall–Kier alpha value is -2.94. The van der Waals surface area contributed by atoms with Gasteiger partial charge < -0.3 is 15.0 Å². The summed E-state index contributed by atoms with van der Waals surface area (Å²) in [4.78, 5) is 27.2. The first-order valence-electron chi connectivity index (χ1n) is 8.90. The van der Waals surface area contributed by atoms with Crippen molar-refractivity contribution in [2.75, 3.05) is 26.0 Å². The number of aromatic nitrogens is 2. The molecule has 3 rings (SSSR count). The van der Waals surface area contributed by atoms with E-state index in [9.17, 15) is 14.0 Å². The van der Waals surface area contributed by atoms with Crippen molar-refractivity contribution in [3.05, 3.63) is 46.9 Å². The van der Waals surface area contributed by atoms with E-state index < -0.39 is 17.7 Å². The molecule has 9 heteroatoms. The van der Waals surface area contributed by atoms with E-state index in [2.05, 4.69) is 15.5 Å². The molecule has 0 saturated carbocycles. The van der Waals surface area contributed by atoms with Crippen LogP contribution < -0.4 is 5.32 Å². The van der Waals surface area contributed by atoms with Crippen LogP contribution in [0.15, 0.2) is 24.3 Å². The Morgan fingerprint density at radius 1 is 1.50 bits per heavy atom. The fraction of sp³-hybridized carbons (Fsp3) is 0.421. The number of carbonyl (C=O) groups is 2. The SMILES string of the molecule is CN(C)CC(OC(=O)N1Cc2c(NC=O)n[nH]c2C1(C)C)c1cccc(F)c1. The van der Waals surface area contributed by atoms with Gasteiger partial charge in [-0.25, -0.2) is 9.18 Å². The molecule has 28 heavy (non-hydrogen) atoms. The molecule has 8 nitrogen and oxygen atoms in total. The van der Waals surface area contributed by atoms with Crippen molar-refractivity contribution in [3.8, 4) is 0 Å². The molecule has 2 heterocycles. The lowest BCUT2D eigenvalue weighted by Crippen LogP contribution is -2.42. The molecule has 2 amide bonds. The highest BCUT2D eigenvalue weighted by molar-refractivity contribution is 5.75. The summed E-state index contributed by atoms with van der Waals surface area (Å²) < 4.78 is 19.4. The van der Waals surface area contributed by atoms with Crippen LogP contribution in [0.3, 0.4) is 0 Å². The van der Waals surface area contributed by atoms with E-state index in [1.54, 1.807) is 17.0 Å². The number of carbonyl (C=O) groups excluding carboxylic acids is 2. The number of hydrogen-bond acceptors (Lipinski definition) is 5. The molecule has 2 aromatic rings. The lowest BCUT2D eigenvalue weighted by Gasteiger charge is -2.33. The summed E-state index contributed by atoms with van der Waals surface area (Å²) in [6.45, 7) is 4.39. The summed E-state index contributed by atoms with van der Waals surface area (Å²) in [5.41, 5.74) is 1.36. The van der Waals surface area contributed by atoms with Crippen LogP contribution in [-0.2, 0) is 21.6 Å². The number of halogens is 1. The molecule has 1 aliphatic rings. The van der Waals surface area contributed by atoms with E-state index in [0.717, 1.165) is 11.3 Å². The predicted octanol–water partition coefficient (Wildman–Crippen LogP) is 2.61. The van der Waals surface area contributed by atoms with Gasteiger partial charge in [-0.2, -0.15) is 5.10 Å². The van der Waals surface area contributed by atoms with Crippen LogP contribution in [0.25, 0.3) is 0 Å². The van der Waals surface area contributed by atoms with Gasteiger partial charge >= 0.3 is 6.09 Å². The fourth-order valence-corrected chi connectivity index (χ4v) is 3.42. The topological polar surface area (TPSA) is 90.6 Å². The Morgan fingerprint density at radius 3 is 2.89 bits per heavy atom. The first kappa shape index (κ1) is 19.8. The molecular weight excluding hydrogens is 365 g/mol. The molecule has 0 bridgehead atoms. The quantitative estimate of drug-likeness (QED) is 0.741. The molecule has 1 aromatic heterocycles. The van der Waals surface area contributed by atoms with Crippen molar-refractivity contribution < 1.29 is 18.7 Å². The maximum absolute atomic E-state index is 13.7. The number of aromatic amines is 1. The molecule has 1 aromatic carbocycles. The summed E-state index contributed by atoms with van der Waals surface area (Å²) in [5, 5.41) is 9.51. The van der Waals surface area contributed by atoms with Gasteiger partial charge in [0.05, 0.1) is 17.8 Å². The van der Waals surface area contributed by atoms with Gasteiger partial charge in [-0.3, -0.25) is 14.8 Å². The minimum absolute atomic E-state index is 0.242. The third-order valence-corrected chi connectivity index (χ3v) is 4.88. The van der Waals surface area contributed by atoms with E-state index in [0.29, 0.717) is 24.3 Å². The Kier molecular flexibility index (Phi) is 5.37. The number of nitrogens with zero attached hydrogens (tertiary/aromatic N) is 3. The van der Waals surface area contributed by atoms with Gasteiger partial charge in [-0.15, -0.1) is 0 Å². The smallest absolute Gasteiger partial charge is 0.411 e. The van der Waals surface area contributed by atoms with Crippen LogP contribution in [0.2, 0.25) is 0 Å². The average molecular weight is 389 g/mol. The minimum Gasteiger partial charge on any atom is -0.440 e. The maximum atomic E-state index is 13.7. The molecule has 0 fully saturated rings. The number of amides is 2. The van der Waals surface area contributed by atoms with E-state index >= 15 is 0 Å². The van der Waals surface area contributed by atoms with Gasteiger partial charge in [0.15, 0.2) is 5.82 Å². The first-order chi connectivity index (χ1) is 13.2. The minimum atomic E-state index is -0.702. The number of rotatable bonds is 6. The van der Waals surface area contributed by atoms with Gasteiger partial charge in [0.2, 0.25) is 6.41 Å². The number of hydrogen-bond donors (Lipinski definition) is 2. The predicted molar refractivity (Wildman–Crippen MR) is 101 cm³/mol. The van der Waals surface area contributed by atoms with Crippen molar-refractivity contribution in [1.82, 2.24) is 20.0 Å². The molecule has 1 aliphatic heterocycles. The maximum Gasteiger partial charge on any atom is 0.411 e. The van der Waals surface area contributed by atoms with E-state index in [4.69, 9.17) is 4.74 Å². The first-order valence-corrected chi connectivity index (χ1v) is 8.90. The molecule has 0 aliphatic carbocycles. The molecule has 0 radical (unpaired) electrons. The second-order valence-corrected chi connectivity index (χ2v) is 7.52. The number of fused-ring (bicyclic) bond motifs is 1. The number of H-pyrrole nitrogens is 1. The van der Waals surface area contributed by atoms with Gasteiger partial charge in [-0.1, -0.05) is 12.1 Å². The second-order valence-electron chi connectivity index (χ2n) is 7.52. The molecule has 2 N–H and O–H groups in total. The molecule has 0 spiro atoms. The number of benzene rings is 1. The Bertz CT molecular complexity index is 880. The number of likely N-dealkylation sites (N-methyl/N-ethyl adjacent to an activating group) is 1. The Labute approximate surface area is 162 Å². The van der Waals surface area contributed by atoms with Gasteiger partial charge in [0.1, 0.15) is 11.9 Å². The zero-order valence-electron chi connectivity index (χ0n) is 16.3. The van der Waals surface area contributed by atoms with Crippen LogP contribution in [0.4, 0.5) is 15.0 Å². The van der Waals surface area contributed by atoms with Crippen molar-refractivity contribution in [2.45, 2.75) is 32.0 Å². The second kappa shape index (κ2) is 7.59. The van der Waals surface area contributed by atoms with Crippen LogP contribution >= 0.6 is 0 Å². The van der Waals surface area contributed by atoms with E-state index in [1.165, 1.54) is 12.1 Å². The molecule has 150 valence electrons. The number of anilines is 1. The van der Waals surface area contributed by atoms with Crippen molar-refractivity contribution in [2.24, 2.45) is 0 Å². The molecule has 1 atom stereocenters. The van der Waals surface area contributed by atoms with Crippen molar-refractivity contribution in [3.63, 3.8) is 0 Å². The third-order valence-electron chi connectivity index (χ3n) is 4.88. The summed E-state index contributed by atoms with van der Waals surface area (Å²) >= 11 is 0. The van der Waals surface area contributed by atoms with Gasteiger partial charge in [-0.05, 0) is 45.6 Å². The van der Waals surface area contributed by atoms with Crippen LogP contribution in [0.1, 0.15) is 36.8 Å². The number of nitrogens with one attached hydrogen (secondary N) is 2. The lowest BCUT2D eigenvalue weighted by atomic mass is 10.0. The largest absolute Gasteiger partial charge is 0.440 e. The van der Waals surface area contributed by atoms with E-state index in [1.807, 2.05) is 32.8 Å². The molecule has 1 unspecified atom stereocenters. The highest BCUT2D eigenvalue weighted by atomic mass is 19.1. The number of ether oxygens (including phenoxy) is 1. The Morgan fingerprint density at radius 2 is 2.25 bits per heavy atom. The summed E-state index contributed by atoms with van der Waals surface area (Å²) in [7, 11) is 3.71. The average Bonchev–Trinajstić information content (AvgIpc) is 3.13. The fourth-order valence-electron chi connectivity index (χ4n) is 3.42. The third kappa shape index (κ3) is 3.70. The van der Waals surface area contributed by atoms with Gasteiger partial charge in [0, 0.05) is 12.1 Å². The normalized spacial score (nSPS) is 16.0. The molecular formula is C19H24FN5O3. The summed E-state index contributed by atoms with van der Waals surface area (Å²) in [6.07, 6.45) is -0.608. The standard InChI is InChI=1S/C19H24FN5O3/c1-19(2)16-14(17(21-11-26)23-22-16)9-25(19)18(27)28-15(10-24(3)4)12-6-5-7-13(20)8-12/h5-8,11,15H,9-10H2,1-4H3,(H2,21,22,23,26). The summed E-state index contributed by atoms with van der Waals surface area (Å²) in [5.74, 6) is 0.00721. The Balaban J connectivity index is 1.83. The van der Waals surface area contributed by atoms with Crippen LogP contribution in [-0.4, -0.2) is 53.1 Å². The lowest BCUT2D eigenvalue weighted by molar-refractivity contribution is -0.105. The van der Waals surface area contributed by atoms with Crippen molar-refractivity contribution in [1.29, 1.82) is 0 Å². The summed E-state index contributed by atoms with van der Waals surface area (Å²) in [6, 6.07) is 6.05. The highest BCUT2D eigenvalue weighted by Gasteiger charge is 2.45. The molecule has 0 saturated heterocycles. The van der Waals surface area contributed by atoms with Gasteiger partial charge in [0.25, 0.3) is 0 Å². The van der Waals surface area contributed by atoms with Crippen molar-refractivity contribution >= 4 is 18.3 Å².